The summed E-state index contributed by atoms with van der Waals surface area (Å²) in [4.78, 5) is 2.69. The third-order valence-electron chi connectivity index (χ3n) is 13.1. The highest BCUT2D eigenvalue weighted by atomic mass is 32.2. The van der Waals surface area contributed by atoms with Crippen molar-refractivity contribution < 1.29 is 0 Å². The Morgan fingerprint density at radius 3 is 1.95 bits per heavy atom. The normalized spacial score (nSPS) is 16.1. The summed E-state index contributed by atoms with van der Waals surface area (Å²) in [5, 5.41) is 3.97. The standard InChI is InChI=1S/C55H36N2S/c1-2-13-35(14-3-1)36-25-27-37(28-26-36)38-29-31-39(32-30-38)56-48-22-9-5-16-42(48)52-50(56)34-33-46-54(52)58-51-24-11-7-19-44(51)55(46)43-18-6-10-23-49(43)57-47-21-8-4-15-40(47)41-17-12-20-45(55)53(41)57/h1-8,10-21,23-34H,9,22H2. The first-order valence-corrected chi connectivity index (χ1v) is 21.1. The summed E-state index contributed by atoms with van der Waals surface area (Å²) in [6, 6.07) is 68.0. The van der Waals surface area contributed by atoms with Gasteiger partial charge in [0.1, 0.15) is 0 Å². The number of aromatic nitrogens is 2. The van der Waals surface area contributed by atoms with Crippen molar-refractivity contribution in [3.05, 3.63) is 222 Å². The maximum atomic E-state index is 2.55. The Labute approximate surface area is 341 Å². The van der Waals surface area contributed by atoms with Gasteiger partial charge in [0.25, 0.3) is 0 Å². The summed E-state index contributed by atoms with van der Waals surface area (Å²) < 4.78 is 5.09. The molecule has 0 saturated carbocycles. The average Bonchev–Trinajstić information content (AvgIpc) is 3.82. The van der Waals surface area contributed by atoms with Crippen LogP contribution in [0.5, 0.6) is 0 Å². The minimum absolute atomic E-state index is 0.503. The molecule has 4 heterocycles. The van der Waals surface area contributed by atoms with Gasteiger partial charge in [-0.1, -0.05) is 170 Å². The third-order valence-corrected chi connectivity index (χ3v) is 14.3. The van der Waals surface area contributed by atoms with Crippen molar-refractivity contribution in [3.8, 4) is 33.6 Å². The first kappa shape index (κ1) is 32.3. The van der Waals surface area contributed by atoms with Gasteiger partial charge in [-0.3, -0.25) is 0 Å². The Kier molecular flexibility index (Phi) is 6.74. The smallest absolute Gasteiger partial charge is 0.0764 e. The number of allylic oxidation sites excluding steroid dienone is 1. The van der Waals surface area contributed by atoms with Crippen LogP contribution < -0.4 is 0 Å². The predicted molar refractivity (Wildman–Crippen MR) is 242 cm³/mol. The van der Waals surface area contributed by atoms with Crippen molar-refractivity contribution in [2.45, 2.75) is 28.0 Å². The fourth-order valence-electron chi connectivity index (χ4n) is 10.7. The van der Waals surface area contributed by atoms with Crippen LogP contribution in [-0.2, 0) is 11.8 Å². The predicted octanol–water partition coefficient (Wildman–Crippen LogP) is 14.2. The van der Waals surface area contributed by atoms with E-state index in [1.165, 1.54) is 110 Å². The maximum absolute atomic E-state index is 2.55. The molecule has 0 bridgehead atoms. The monoisotopic (exact) mass is 756 g/mol. The van der Waals surface area contributed by atoms with Gasteiger partial charge >= 0.3 is 0 Å². The molecule has 8 aromatic carbocycles. The molecular weight excluding hydrogens is 721 g/mol. The summed E-state index contributed by atoms with van der Waals surface area (Å²) >= 11 is 1.96. The van der Waals surface area contributed by atoms with Crippen molar-refractivity contribution in [3.63, 3.8) is 0 Å². The highest BCUT2D eigenvalue weighted by molar-refractivity contribution is 7.99. The second kappa shape index (κ2) is 12.1. The molecule has 1 aliphatic carbocycles. The summed E-state index contributed by atoms with van der Waals surface area (Å²) in [5.41, 5.74) is 18.9. The van der Waals surface area contributed by atoms with Gasteiger partial charge in [0, 0.05) is 42.9 Å². The Morgan fingerprint density at radius 2 is 1.12 bits per heavy atom. The van der Waals surface area contributed by atoms with Gasteiger partial charge in [-0.2, -0.15) is 0 Å². The van der Waals surface area contributed by atoms with Crippen molar-refractivity contribution in [2.75, 3.05) is 0 Å². The van der Waals surface area contributed by atoms with E-state index in [4.69, 9.17) is 0 Å². The molecule has 272 valence electrons. The number of benzene rings is 8. The van der Waals surface area contributed by atoms with E-state index in [0.29, 0.717) is 0 Å². The molecule has 1 spiro atoms. The van der Waals surface area contributed by atoms with E-state index in [9.17, 15) is 0 Å². The molecule has 1 atom stereocenters. The Morgan fingerprint density at radius 1 is 0.466 bits per heavy atom. The Bertz CT molecular complexity index is 3350. The number of rotatable bonds is 3. The second-order valence-corrected chi connectivity index (χ2v) is 16.9. The lowest BCUT2D eigenvalue weighted by Crippen LogP contribution is -2.37. The van der Waals surface area contributed by atoms with E-state index < -0.39 is 5.41 Å². The van der Waals surface area contributed by atoms with Crippen LogP contribution in [0.4, 0.5) is 0 Å². The van der Waals surface area contributed by atoms with Crippen molar-refractivity contribution >= 4 is 50.5 Å². The lowest BCUT2D eigenvalue weighted by atomic mass is 9.62. The number of hydrogen-bond acceptors (Lipinski definition) is 1. The van der Waals surface area contributed by atoms with Crippen LogP contribution in [0, 0.1) is 0 Å². The lowest BCUT2D eigenvalue weighted by Gasteiger charge is -2.45. The summed E-state index contributed by atoms with van der Waals surface area (Å²) in [7, 11) is 0. The molecule has 0 radical (unpaired) electrons. The maximum Gasteiger partial charge on any atom is 0.0764 e. The first-order chi connectivity index (χ1) is 28.8. The fraction of sp³-hybridized carbons (Fsp3) is 0.0545. The van der Waals surface area contributed by atoms with Gasteiger partial charge in [0.05, 0.1) is 27.7 Å². The van der Waals surface area contributed by atoms with E-state index in [-0.39, 0.29) is 0 Å². The van der Waals surface area contributed by atoms with E-state index in [0.717, 1.165) is 12.8 Å². The molecule has 58 heavy (non-hydrogen) atoms. The van der Waals surface area contributed by atoms with Gasteiger partial charge in [-0.15, -0.1) is 0 Å². The number of nitrogens with zero attached hydrogens (tertiary/aromatic N) is 2. The van der Waals surface area contributed by atoms with Gasteiger partial charge < -0.3 is 9.13 Å². The molecule has 13 rings (SSSR count). The van der Waals surface area contributed by atoms with Crippen LogP contribution in [0.15, 0.2) is 198 Å². The van der Waals surface area contributed by atoms with Crippen molar-refractivity contribution in [1.29, 1.82) is 0 Å². The number of para-hydroxylation sites is 3. The van der Waals surface area contributed by atoms with Crippen LogP contribution in [0.25, 0.3) is 72.4 Å². The van der Waals surface area contributed by atoms with Crippen LogP contribution in [-0.4, -0.2) is 9.13 Å². The van der Waals surface area contributed by atoms with E-state index in [1.54, 1.807) is 0 Å². The average molecular weight is 757 g/mol. The van der Waals surface area contributed by atoms with Crippen molar-refractivity contribution in [1.82, 2.24) is 9.13 Å². The molecule has 2 nitrogen and oxygen atoms in total. The van der Waals surface area contributed by atoms with E-state index in [1.807, 2.05) is 11.8 Å². The summed E-state index contributed by atoms with van der Waals surface area (Å²) in [5.74, 6) is 0. The number of hydrogen-bond donors (Lipinski definition) is 0. The quantitative estimate of drug-likeness (QED) is 0.175. The zero-order valence-corrected chi connectivity index (χ0v) is 32.5. The van der Waals surface area contributed by atoms with Gasteiger partial charge in [-0.25, -0.2) is 0 Å². The summed E-state index contributed by atoms with van der Waals surface area (Å²) in [6.45, 7) is 0. The minimum Gasteiger partial charge on any atom is -0.313 e. The summed E-state index contributed by atoms with van der Waals surface area (Å²) in [6.07, 6.45) is 6.82. The minimum atomic E-state index is -0.503. The highest BCUT2D eigenvalue weighted by Crippen LogP contribution is 2.62. The van der Waals surface area contributed by atoms with Crippen LogP contribution in [0.3, 0.4) is 0 Å². The zero-order valence-electron chi connectivity index (χ0n) is 31.7. The van der Waals surface area contributed by atoms with Crippen LogP contribution in [0.1, 0.15) is 39.9 Å². The Hall–Kier alpha value is -6.81. The highest BCUT2D eigenvalue weighted by Gasteiger charge is 2.50. The molecule has 2 aliphatic heterocycles. The van der Waals surface area contributed by atoms with Gasteiger partial charge in [-0.05, 0) is 93.7 Å². The lowest BCUT2D eigenvalue weighted by molar-refractivity contribution is 0.692. The van der Waals surface area contributed by atoms with E-state index >= 15 is 0 Å². The molecule has 2 aromatic heterocycles. The molecule has 3 aliphatic rings. The van der Waals surface area contributed by atoms with Crippen LogP contribution >= 0.6 is 11.8 Å². The molecule has 0 N–H and O–H groups in total. The topological polar surface area (TPSA) is 9.86 Å². The molecule has 0 saturated heterocycles. The molecule has 0 fully saturated rings. The van der Waals surface area contributed by atoms with E-state index in [2.05, 4.69) is 203 Å². The first-order valence-electron chi connectivity index (χ1n) is 20.3. The van der Waals surface area contributed by atoms with Crippen LogP contribution in [0.2, 0.25) is 0 Å². The SMILES string of the molecule is C1=Cc2c(n(-c3ccc(-c4ccc(-c5ccccc5)cc4)cc3)c3ccc4c(c23)Sc2ccccc2C42c3ccccc3-n3c4ccccc4c4cccc2c43)CC1. The zero-order chi connectivity index (χ0) is 38.0. The third kappa shape index (κ3) is 4.24. The molecular formula is C55H36N2S. The van der Waals surface area contributed by atoms with Crippen molar-refractivity contribution in [2.24, 2.45) is 0 Å². The molecule has 1 unspecified atom stereocenters. The fourth-order valence-corrected chi connectivity index (χ4v) is 12.0. The largest absolute Gasteiger partial charge is 0.313 e. The molecule has 3 heteroatoms. The molecule has 0 amide bonds. The second-order valence-electron chi connectivity index (χ2n) is 15.9. The van der Waals surface area contributed by atoms with Gasteiger partial charge in [0.15, 0.2) is 0 Å². The van der Waals surface area contributed by atoms with Gasteiger partial charge in [0.2, 0.25) is 0 Å². The Balaban J connectivity index is 1.04. The molecule has 10 aromatic rings. The number of fused-ring (bicyclic) bond motifs is 15.